The molecule has 140 valence electrons. The van der Waals surface area contributed by atoms with Crippen LogP contribution in [0.25, 0.3) is 0 Å². The van der Waals surface area contributed by atoms with Crippen molar-refractivity contribution in [3.8, 4) is 6.07 Å². The highest BCUT2D eigenvalue weighted by molar-refractivity contribution is 5.75. The number of para-hydroxylation sites is 1. The van der Waals surface area contributed by atoms with Gasteiger partial charge in [0.2, 0.25) is 0 Å². The lowest BCUT2D eigenvalue weighted by Gasteiger charge is -2.42. The van der Waals surface area contributed by atoms with Gasteiger partial charge in [0.25, 0.3) is 0 Å². The average Bonchev–Trinajstić information content (AvgIpc) is 2.68. The maximum absolute atomic E-state index is 12.3. The molecule has 1 fully saturated rings. The van der Waals surface area contributed by atoms with E-state index in [4.69, 9.17) is 10.1 Å². The number of carbonyl (C=O) groups excluding carboxylic acids is 1. The van der Waals surface area contributed by atoms with Gasteiger partial charge >= 0.3 is 5.97 Å². The second kappa shape index (κ2) is 7.81. The molecule has 1 unspecified atom stereocenters. The molecular formula is C22H25N3O2. The summed E-state index contributed by atoms with van der Waals surface area (Å²) in [7, 11) is 0. The smallest absolute Gasteiger partial charge is 0.330 e. The third-order valence-electron chi connectivity index (χ3n) is 4.68. The summed E-state index contributed by atoms with van der Waals surface area (Å²) in [6.45, 7) is 7.52. The first-order chi connectivity index (χ1) is 12.9. The Morgan fingerprint density at radius 1 is 1.07 bits per heavy atom. The fourth-order valence-corrected chi connectivity index (χ4v) is 3.09. The van der Waals surface area contributed by atoms with E-state index in [-0.39, 0.29) is 12.0 Å². The van der Waals surface area contributed by atoms with Gasteiger partial charge in [-0.25, -0.2) is 4.79 Å². The minimum Gasteiger partial charge on any atom is -0.367 e. The summed E-state index contributed by atoms with van der Waals surface area (Å²) in [6, 6.07) is 20.0. The van der Waals surface area contributed by atoms with Gasteiger partial charge in [0.15, 0.2) is 0 Å². The highest BCUT2D eigenvalue weighted by atomic mass is 16.7. The Bertz CT molecular complexity index is 819. The van der Waals surface area contributed by atoms with Crippen molar-refractivity contribution in [1.29, 1.82) is 5.26 Å². The van der Waals surface area contributed by atoms with Crippen LogP contribution in [0.3, 0.4) is 0 Å². The van der Waals surface area contributed by atoms with Crippen LogP contribution in [0.4, 0.5) is 5.69 Å². The molecular weight excluding hydrogens is 338 g/mol. The van der Waals surface area contributed by atoms with Crippen LogP contribution >= 0.6 is 0 Å². The number of hydrogen-bond donors (Lipinski definition) is 0. The van der Waals surface area contributed by atoms with Gasteiger partial charge in [-0.15, -0.1) is 5.06 Å². The van der Waals surface area contributed by atoms with E-state index in [1.54, 1.807) is 5.06 Å². The van der Waals surface area contributed by atoms with Crippen molar-refractivity contribution in [2.45, 2.75) is 26.8 Å². The summed E-state index contributed by atoms with van der Waals surface area (Å²) >= 11 is 0. The van der Waals surface area contributed by atoms with Crippen molar-refractivity contribution in [3.63, 3.8) is 0 Å². The van der Waals surface area contributed by atoms with Crippen molar-refractivity contribution in [2.24, 2.45) is 5.41 Å². The first-order valence-corrected chi connectivity index (χ1v) is 9.17. The first-order valence-electron chi connectivity index (χ1n) is 9.17. The standard InChI is InChI=1S/C22H25N3O2/c1-22(2,3)21(26)27-24-13-14-25(19-7-5-4-6-8-19)20(16-24)18-11-9-17(15-23)10-12-18/h4-12,20H,13-14,16H2,1-3H3. The molecule has 1 atom stereocenters. The van der Waals surface area contributed by atoms with Gasteiger partial charge < -0.3 is 9.74 Å². The van der Waals surface area contributed by atoms with Crippen molar-refractivity contribution in [2.75, 3.05) is 24.5 Å². The Kier molecular flexibility index (Phi) is 5.48. The second-order valence-corrected chi connectivity index (χ2v) is 7.80. The molecule has 0 aliphatic carbocycles. The predicted octanol–water partition coefficient (Wildman–Crippen LogP) is 3.93. The monoisotopic (exact) mass is 363 g/mol. The fourth-order valence-electron chi connectivity index (χ4n) is 3.09. The van der Waals surface area contributed by atoms with Gasteiger partial charge in [-0.3, -0.25) is 0 Å². The minimum atomic E-state index is -0.541. The van der Waals surface area contributed by atoms with E-state index in [1.165, 1.54) is 0 Å². The number of nitriles is 1. The molecule has 1 aliphatic rings. The predicted molar refractivity (Wildman–Crippen MR) is 105 cm³/mol. The van der Waals surface area contributed by atoms with Crippen LogP contribution < -0.4 is 4.90 Å². The van der Waals surface area contributed by atoms with Crippen molar-refractivity contribution in [1.82, 2.24) is 5.06 Å². The number of nitrogens with zero attached hydrogens (tertiary/aromatic N) is 3. The number of hydrogen-bond acceptors (Lipinski definition) is 5. The number of hydroxylamine groups is 2. The van der Waals surface area contributed by atoms with E-state index in [0.29, 0.717) is 18.7 Å². The molecule has 2 aromatic rings. The zero-order valence-corrected chi connectivity index (χ0v) is 16.1. The van der Waals surface area contributed by atoms with E-state index in [2.05, 4.69) is 23.1 Å². The molecule has 1 aliphatic heterocycles. The number of benzene rings is 2. The molecule has 0 radical (unpaired) electrons. The molecule has 27 heavy (non-hydrogen) atoms. The lowest BCUT2D eigenvalue weighted by molar-refractivity contribution is -0.203. The third-order valence-corrected chi connectivity index (χ3v) is 4.68. The van der Waals surface area contributed by atoms with Gasteiger partial charge in [0.05, 0.1) is 36.2 Å². The summed E-state index contributed by atoms with van der Waals surface area (Å²) < 4.78 is 0. The van der Waals surface area contributed by atoms with E-state index in [9.17, 15) is 4.79 Å². The van der Waals surface area contributed by atoms with Crippen LogP contribution in [-0.2, 0) is 9.63 Å². The van der Waals surface area contributed by atoms with Crippen LogP contribution in [0.5, 0.6) is 0 Å². The van der Waals surface area contributed by atoms with Gasteiger partial charge in [0, 0.05) is 12.2 Å². The molecule has 0 N–H and O–H groups in total. The number of anilines is 1. The molecule has 0 saturated carbocycles. The SMILES string of the molecule is CC(C)(C)C(=O)ON1CCN(c2ccccc2)C(c2ccc(C#N)cc2)C1. The Labute approximate surface area is 160 Å². The highest BCUT2D eigenvalue weighted by Gasteiger charge is 2.33. The van der Waals surface area contributed by atoms with Crippen LogP contribution in [0, 0.1) is 16.7 Å². The van der Waals surface area contributed by atoms with E-state index in [0.717, 1.165) is 17.8 Å². The van der Waals surface area contributed by atoms with Gasteiger partial charge in [-0.2, -0.15) is 5.26 Å². The lowest BCUT2D eigenvalue weighted by Crippen LogP contribution is -2.50. The highest BCUT2D eigenvalue weighted by Crippen LogP contribution is 2.31. The topological polar surface area (TPSA) is 56.6 Å². The maximum Gasteiger partial charge on any atom is 0.330 e. The number of piperazine rings is 1. The van der Waals surface area contributed by atoms with E-state index >= 15 is 0 Å². The maximum atomic E-state index is 12.3. The summed E-state index contributed by atoms with van der Waals surface area (Å²) in [4.78, 5) is 20.3. The van der Waals surface area contributed by atoms with Crippen LogP contribution in [-0.4, -0.2) is 30.7 Å². The normalized spacial score (nSPS) is 18.0. The molecule has 0 amide bonds. The Morgan fingerprint density at radius 3 is 2.33 bits per heavy atom. The Balaban J connectivity index is 1.86. The van der Waals surface area contributed by atoms with E-state index in [1.807, 2.05) is 63.2 Å². The van der Waals surface area contributed by atoms with E-state index < -0.39 is 5.41 Å². The lowest BCUT2D eigenvalue weighted by atomic mass is 9.97. The Hall–Kier alpha value is -2.84. The summed E-state index contributed by atoms with van der Waals surface area (Å²) in [5.41, 5.74) is 2.32. The van der Waals surface area contributed by atoms with Crippen molar-refractivity contribution >= 4 is 11.7 Å². The zero-order valence-electron chi connectivity index (χ0n) is 16.1. The molecule has 1 heterocycles. The van der Waals surface area contributed by atoms with Gasteiger partial charge in [0.1, 0.15) is 0 Å². The fraction of sp³-hybridized carbons (Fsp3) is 0.364. The summed E-state index contributed by atoms with van der Waals surface area (Å²) in [5, 5.41) is 10.8. The van der Waals surface area contributed by atoms with Crippen molar-refractivity contribution < 1.29 is 9.63 Å². The summed E-state index contributed by atoms with van der Waals surface area (Å²) in [6.07, 6.45) is 0. The van der Waals surface area contributed by atoms with Crippen LogP contribution in [0.2, 0.25) is 0 Å². The Morgan fingerprint density at radius 2 is 1.74 bits per heavy atom. The van der Waals surface area contributed by atoms with Gasteiger partial charge in [-0.05, 0) is 50.6 Å². The third kappa shape index (κ3) is 4.47. The number of carbonyl (C=O) groups is 1. The molecule has 0 spiro atoms. The van der Waals surface area contributed by atoms with Crippen LogP contribution in [0.15, 0.2) is 54.6 Å². The largest absolute Gasteiger partial charge is 0.367 e. The molecule has 5 nitrogen and oxygen atoms in total. The molecule has 2 aromatic carbocycles. The molecule has 1 saturated heterocycles. The molecule has 0 bridgehead atoms. The average molecular weight is 363 g/mol. The summed E-state index contributed by atoms with van der Waals surface area (Å²) in [5.74, 6) is -0.228. The molecule has 3 rings (SSSR count). The van der Waals surface area contributed by atoms with Gasteiger partial charge in [-0.1, -0.05) is 30.3 Å². The second-order valence-electron chi connectivity index (χ2n) is 7.80. The molecule has 5 heteroatoms. The molecule has 0 aromatic heterocycles. The number of rotatable bonds is 3. The minimum absolute atomic E-state index is 0.0293. The quantitative estimate of drug-likeness (QED) is 0.827. The van der Waals surface area contributed by atoms with Crippen molar-refractivity contribution in [3.05, 3.63) is 65.7 Å². The first kappa shape index (κ1) is 18.9. The zero-order chi connectivity index (χ0) is 19.4. The van der Waals surface area contributed by atoms with Crippen LogP contribution in [0.1, 0.15) is 37.9 Å².